The summed E-state index contributed by atoms with van der Waals surface area (Å²) in [4.78, 5) is 17.0. The van der Waals surface area contributed by atoms with Crippen LogP contribution in [-0.2, 0) is 17.8 Å². The monoisotopic (exact) mass is 429 g/mol. The van der Waals surface area contributed by atoms with E-state index in [1.807, 2.05) is 38.4 Å². The van der Waals surface area contributed by atoms with Gasteiger partial charge in [-0.05, 0) is 61.6 Å². The maximum atomic E-state index is 12.7. The Bertz CT molecular complexity index is 1180. The van der Waals surface area contributed by atoms with E-state index in [2.05, 4.69) is 50.0 Å². The number of benzene rings is 2. The Balaban J connectivity index is 1.28. The lowest BCUT2D eigenvalue weighted by atomic mass is 9.89. The van der Waals surface area contributed by atoms with Crippen molar-refractivity contribution in [3.8, 4) is 0 Å². The number of hydrogen-bond donors (Lipinski definition) is 1. The molecule has 0 bridgehead atoms. The molecule has 1 atom stereocenters. The van der Waals surface area contributed by atoms with Gasteiger partial charge in [0.1, 0.15) is 0 Å². The fraction of sp³-hybridized carbons (Fsp3) is 0.385. The molecular formula is C26H31N5O. The zero-order valence-electron chi connectivity index (χ0n) is 19.1. The van der Waals surface area contributed by atoms with E-state index in [0.29, 0.717) is 12.6 Å². The molecule has 0 fully saturated rings. The van der Waals surface area contributed by atoms with E-state index in [9.17, 15) is 4.79 Å². The van der Waals surface area contributed by atoms with Crippen molar-refractivity contribution < 1.29 is 4.79 Å². The fourth-order valence-electron chi connectivity index (χ4n) is 5.24. The molecule has 1 N–H and O–H groups in total. The number of fused-ring (bicyclic) bond motifs is 3. The van der Waals surface area contributed by atoms with E-state index in [1.165, 1.54) is 34.1 Å². The molecule has 6 nitrogen and oxygen atoms in total. The van der Waals surface area contributed by atoms with Crippen LogP contribution in [0.5, 0.6) is 0 Å². The first-order valence-electron chi connectivity index (χ1n) is 11.5. The number of anilines is 1. The van der Waals surface area contributed by atoms with Gasteiger partial charge in [-0.15, -0.1) is 0 Å². The van der Waals surface area contributed by atoms with Crippen molar-refractivity contribution in [3.63, 3.8) is 0 Å². The molecule has 32 heavy (non-hydrogen) atoms. The van der Waals surface area contributed by atoms with E-state index < -0.39 is 0 Å². The molecule has 3 aromatic rings. The molecule has 5 rings (SSSR count). The van der Waals surface area contributed by atoms with Crippen molar-refractivity contribution in [3.05, 3.63) is 64.8 Å². The van der Waals surface area contributed by atoms with Gasteiger partial charge in [0, 0.05) is 49.5 Å². The third kappa shape index (κ3) is 3.79. The first-order chi connectivity index (χ1) is 15.5. The van der Waals surface area contributed by atoms with Gasteiger partial charge in [0.05, 0.1) is 18.8 Å². The summed E-state index contributed by atoms with van der Waals surface area (Å²) in [5.41, 5.74) is 10.4. The quantitative estimate of drug-likeness (QED) is 0.495. The Morgan fingerprint density at radius 2 is 2.00 bits per heavy atom. The normalized spacial score (nSPS) is 18.2. The molecule has 1 aromatic heterocycles. The number of hydrazone groups is 1. The first kappa shape index (κ1) is 20.8. The van der Waals surface area contributed by atoms with Gasteiger partial charge in [0.25, 0.3) is 5.91 Å². The van der Waals surface area contributed by atoms with Crippen LogP contribution in [0.3, 0.4) is 0 Å². The van der Waals surface area contributed by atoms with Crippen molar-refractivity contribution in [2.45, 2.75) is 38.8 Å². The lowest BCUT2D eigenvalue weighted by molar-refractivity contribution is -0.123. The van der Waals surface area contributed by atoms with Crippen LogP contribution in [-0.4, -0.2) is 48.8 Å². The van der Waals surface area contributed by atoms with Gasteiger partial charge < -0.3 is 9.47 Å². The zero-order valence-corrected chi connectivity index (χ0v) is 19.1. The van der Waals surface area contributed by atoms with Crippen LogP contribution in [0.1, 0.15) is 41.3 Å². The molecule has 2 aliphatic rings. The average molecular weight is 430 g/mol. The van der Waals surface area contributed by atoms with Crippen LogP contribution in [0.2, 0.25) is 0 Å². The van der Waals surface area contributed by atoms with Gasteiger partial charge >= 0.3 is 0 Å². The van der Waals surface area contributed by atoms with Gasteiger partial charge in [0.15, 0.2) is 0 Å². The Hall–Kier alpha value is -3.12. The Morgan fingerprint density at radius 3 is 2.78 bits per heavy atom. The molecule has 0 saturated carbocycles. The van der Waals surface area contributed by atoms with Gasteiger partial charge in [-0.1, -0.05) is 23.8 Å². The molecule has 0 unspecified atom stereocenters. The van der Waals surface area contributed by atoms with E-state index in [-0.39, 0.29) is 5.91 Å². The summed E-state index contributed by atoms with van der Waals surface area (Å²) in [6.45, 7) is 4.36. The third-order valence-electron chi connectivity index (χ3n) is 6.80. The number of aryl methyl sites for hydroxylation is 2. The molecule has 1 aliphatic heterocycles. The number of carbonyl (C=O) groups is 1. The third-order valence-corrected chi connectivity index (χ3v) is 6.80. The topological polar surface area (TPSA) is 52.9 Å². The number of nitrogens with zero attached hydrogens (tertiary/aromatic N) is 4. The molecule has 0 saturated heterocycles. The van der Waals surface area contributed by atoms with Gasteiger partial charge in [-0.3, -0.25) is 9.69 Å². The number of hydrogen-bond acceptors (Lipinski definition) is 4. The van der Waals surface area contributed by atoms with Crippen LogP contribution in [0.25, 0.3) is 10.9 Å². The second-order valence-corrected chi connectivity index (χ2v) is 9.19. The molecule has 1 amide bonds. The van der Waals surface area contributed by atoms with Crippen LogP contribution in [0.15, 0.2) is 47.6 Å². The largest absolute Gasteiger partial charge is 0.378 e. The second kappa shape index (κ2) is 8.43. The molecular weight excluding hydrogens is 398 g/mol. The van der Waals surface area contributed by atoms with Crippen molar-refractivity contribution in [1.82, 2.24) is 14.9 Å². The summed E-state index contributed by atoms with van der Waals surface area (Å²) in [5, 5.41) is 5.59. The minimum Gasteiger partial charge on any atom is -0.378 e. The number of amides is 1. The average Bonchev–Trinajstić information content (AvgIpc) is 3.10. The van der Waals surface area contributed by atoms with Crippen LogP contribution in [0.4, 0.5) is 5.69 Å². The fourth-order valence-corrected chi connectivity index (χ4v) is 5.24. The minimum absolute atomic E-state index is 0.0568. The molecule has 1 aliphatic carbocycles. The summed E-state index contributed by atoms with van der Waals surface area (Å²) in [6, 6.07) is 15.2. The molecule has 6 heteroatoms. The lowest BCUT2D eigenvalue weighted by Crippen LogP contribution is -2.44. The highest BCUT2D eigenvalue weighted by Gasteiger charge is 2.35. The molecule has 2 aromatic carbocycles. The van der Waals surface area contributed by atoms with Crippen LogP contribution < -0.4 is 10.3 Å². The number of carbonyl (C=O) groups excluding carboxylic acids is 1. The highest BCUT2D eigenvalue weighted by Crippen LogP contribution is 2.42. The summed E-state index contributed by atoms with van der Waals surface area (Å²) in [6.07, 6.45) is 5.11. The molecule has 0 spiro atoms. The molecule has 0 radical (unpaired) electrons. The van der Waals surface area contributed by atoms with E-state index in [1.54, 1.807) is 6.21 Å². The summed E-state index contributed by atoms with van der Waals surface area (Å²) in [7, 11) is 4.03. The SMILES string of the molecule is Cc1ccc2c(c1)c1c3n2CCN(CC(=O)N/N=C/c2ccc(N(C)C)cc2)[C@H]3CCC1. The maximum absolute atomic E-state index is 12.7. The lowest BCUT2D eigenvalue weighted by Gasteiger charge is -2.39. The van der Waals surface area contributed by atoms with Crippen molar-refractivity contribution in [1.29, 1.82) is 0 Å². The van der Waals surface area contributed by atoms with Crippen molar-refractivity contribution in [2.75, 3.05) is 32.1 Å². The summed E-state index contributed by atoms with van der Waals surface area (Å²) >= 11 is 0. The Kier molecular flexibility index (Phi) is 5.47. The van der Waals surface area contributed by atoms with Crippen LogP contribution >= 0.6 is 0 Å². The van der Waals surface area contributed by atoms with Crippen molar-refractivity contribution >= 4 is 28.7 Å². The predicted octanol–water partition coefficient (Wildman–Crippen LogP) is 3.86. The zero-order chi connectivity index (χ0) is 22.2. The minimum atomic E-state index is -0.0568. The van der Waals surface area contributed by atoms with Crippen molar-refractivity contribution in [2.24, 2.45) is 5.10 Å². The number of nitrogens with one attached hydrogen (secondary N) is 1. The van der Waals surface area contributed by atoms with Crippen LogP contribution in [0, 0.1) is 6.92 Å². The van der Waals surface area contributed by atoms with Gasteiger partial charge in [-0.25, -0.2) is 5.43 Å². The molecule has 166 valence electrons. The standard InChI is InChI=1S/C26H31N5O/c1-18-7-12-23-22(15-18)21-5-4-6-24-26(21)31(23)14-13-30(24)17-25(32)28-27-16-19-8-10-20(11-9-19)29(2)3/h7-12,15-16,24H,4-6,13-14,17H2,1-3H3,(H,28,32)/b27-16+/t24-/m0/s1. The summed E-state index contributed by atoms with van der Waals surface area (Å²) in [5.74, 6) is -0.0568. The van der Waals surface area contributed by atoms with E-state index in [4.69, 9.17) is 0 Å². The smallest absolute Gasteiger partial charge is 0.254 e. The van der Waals surface area contributed by atoms with Gasteiger partial charge in [0.2, 0.25) is 0 Å². The predicted molar refractivity (Wildman–Crippen MR) is 130 cm³/mol. The summed E-state index contributed by atoms with van der Waals surface area (Å²) < 4.78 is 2.50. The number of rotatable bonds is 5. The Morgan fingerprint density at radius 1 is 1.19 bits per heavy atom. The van der Waals surface area contributed by atoms with E-state index >= 15 is 0 Å². The molecule has 2 heterocycles. The van der Waals surface area contributed by atoms with E-state index in [0.717, 1.165) is 37.2 Å². The maximum Gasteiger partial charge on any atom is 0.254 e. The first-order valence-corrected chi connectivity index (χ1v) is 11.5. The number of aromatic nitrogens is 1. The second-order valence-electron chi connectivity index (χ2n) is 9.19. The highest BCUT2D eigenvalue weighted by molar-refractivity contribution is 5.87. The Labute approximate surface area is 189 Å². The van der Waals surface area contributed by atoms with Gasteiger partial charge in [-0.2, -0.15) is 5.10 Å². The highest BCUT2D eigenvalue weighted by atomic mass is 16.2.